The predicted molar refractivity (Wildman–Crippen MR) is 79.2 cm³/mol. The standard InChI is InChI=1S/C17H20O3/c1-12-4-5-15(8-13(12)2)11-20-17-9-14(10-18)6-7-16(17)19-3/h4-9,18H,10-11H2,1-3H3. The fourth-order valence-electron chi connectivity index (χ4n) is 1.99. The van der Waals surface area contributed by atoms with Crippen LogP contribution in [0.2, 0.25) is 0 Å². The van der Waals surface area contributed by atoms with E-state index >= 15 is 0 Å². The maximum Gasteiger partial charge on any atom is 0.162 e. The molecule has 0 aliphatic rings. The number of aliphatic hydroxyl groups excluding tert-OH is 1. The van der Waals surface area contributed by atoms with Crippen molar-refractivity contribution in [3.05, 3.63) is 58.7 Å². The van der Waals surface area contributed by atoms with E-state index in [1.807, 2.05) is 6.07 Å². The molecule has 0 heterocycles. The zero-order chi connectivity index (χ0) is 14.5. The smallest absolute Gasteiger partial charge is 0.162 e. The largest absolute Gasteiger partial charge is 0.493 e. The van der Waals surface area contributed by atoms with Crippen molar-refractivity contribution in [2.45, 2.75) is 27.1 Å². The molecule has 0 aromatic heterocycles. The maximum absolute atomic E-state index is 9.18. The molecule has 0 saturated carbocycles. The second-order valence-corrected chi connectivity index (χ2v) is 4.85. The molecule has 0 aliphatic carbocycles. The van der Waals surface area contributed by atoms with Gasteiger partial charge in [-0.2, -0.15) is 0 Å². The van der Waals surface area contributed by atoms with Crippen molar-refractivity contribution < 1.29 is 14.6 Å². The number of hydrogen-bond donors (Lipinski definition) is 1. The summed E-state index contributed by atoms with van der Waals surface area (Å²) in [7, 11) is 1.61. The van der Waals surface area contributed by atoms with Gasteiger partial charge in [-0.05, 0) is 48.2 Å². The van der Waals surface area contributed by atoms with E-state index < -0.39 is 0 Å². The maximum atomic E-state index is 9.18. The SMILES string of the molecule is COc1ccc(CO)cc1OCc1ccc(C)c(C)c1. The van der Waals surface area contributed by atoms with Gasteiger partial charge < -0.3 is 14.6 Å². The lowest BCUT2D eigenvalue weighted by Crippen LogP contribution is -1.99. The van der Waals surface area contributed by atoms with Crippen LogP contribution >= 0.6 is 0 Å². The molecule has 3 nitrogen and oxygen atoms in total. The molecule has 1 N–H and O–H groups in total. The molecule has 0 atom stereocenters. The Morgan fingerprint density at radius 1 is 0.900 bits per heavy atom. The number of rotatable bonds is 5. The Morgan fingerprint density at radius 2 is 1.65 bits per heavy atom. The van der Waals surface area contributed by atoms with Crippen LogP contribution in [0, 0.1) is 13.8 Å². The van der Waals surface area contributed by atoms with Crippen LogP contribution in [0.25, 0.3) is 0 Å². The van der Waals surface area contributed by atoms with E-state index in [9.17, 15) is 5.11 Å². The number of ether oxygens (including phenoxy) is 2. The zero-order valence-electron chi connectivity index (χ0n) is 12.1. The van der Waals surface area contributed by atoms with Gasteiger partial charge >= 0.3 is 0 Å². The summed E-state index contributed by atoms with van der Waals surface area (Å²) in [5.74, 6) is 1.32. The minimum atomic E-state index is -0.00993. The summed E-state index contributed by atoms with van der Waals surface area (Å²) in [6, 6.07) is 11.7. The summed E-state index contributed by atoms with van der Waals surface area (Å²) in [6.07, 6.45) is 0. The molecule has 2 aromatic rings. The number of benzene rings is 2. The second kappa shape index (κ2) is 6.44. The average Bonchev–Trinajstić information content (AvgIpc) is 2.48. The third-order valence-corrected chi connectivity index (χ3v) is 3.38. The van der Waals surface area contributed by atoms with Crippen LogP contribution in [-0.4, -0.2) is 12.2 Å². The van der Waals surface area contributed by atoms with E-state index in [0.717, 1.165) is 11.1 Å². The molecule has 0 radical (unpaired) electrons. The molecule has 2 rings (SSSR count). The fourth-order valence-corrected chi connectivity index (χ4v) is 1.99. The van der Waals surface area contributed by atoms with E-state index in [1.54, 1.807) is 19.2 Å². The lowest BCUT2D eigenvalue weighted by atomic mass is 10.1. The van der Waals surface area contributed by atoms with Gasteiger partial charge in [-0.3, -0.25) is 0 Å². The van der Waals surface area contributed by atoms with Gasteiger partial charge in [0.25, 0.3) is 0 Å². The molecule has 3 heteroatoms. The third-order valence-electron chi connectivity index (χ3n) is 3.38. The number of aliphatic hydroxyl groups is 1. The molecule has 0 spiro atoms. The Balaban J connectivity index is 2.15. The number of aryl methyl sites for hydroxylation is 2. The molecule has 0 fully saturated rings. The molecule has 20 heavy (non-hydrogen) atoms. The van der Waals surface area contributed by atoms with E-state index in [1.165, 1.54) is 11.1 Å². The Hall–Kier alpha value is -2.00. The van der Waals surface area contributed by atoms with Crippen LogP contribution < -0.4 is 9.47 Å². The molecule has 0 unspecified atom stereocenters. The minimum absolute atomic E-state index is 0.00993. The zero-order valence-corrected chi connectivity index (χ0v) is 12.1. The predicted octanol–water partition coefficient (Wildman–Crippen LogP) is 3.38. The van der Waals surface area contributed by atoms with Crippen molar-refractivity contribution in [3.63, 3.8) is 0 Å². The summed E-state index contributed by atoms with van der Waals surface area (Å²) in [5, 5.41) is 9.18. The molecule has 0 aliphatic heterocycles. The van der Waals surface area contributed by atoms with Crippen molar-refractivity contribution in [1.82, 2.24) is 0 Å². The molecule has 0 saturated heterocycles. The van der Waals surface area contributed by atoms with Crippen molar-refractivity contribution in [2.24, 2.45) is 0 Å². The molecule has 0 bridgehead atoms. The lowest BCUT2D eigenvalue weighted by Gasteiger charge is -2.12. The van der Waals surface area contributed by atoms with Gasteiger partial charge in [0.05, 0.1) is 13.7 Å². The first-order valence-corrected chi connectivity index (χ1v) is 6.60. The molecule has 0 amide bonds. The molecular weight excluding hydrogens is 252 g/mol. The van der Waals surface area contributed by atoms with Gasteiger partial charge in [0, 0.05) is 0 Å². The first-order chi connectivity index (χ1) is 9.63. The Kier molecular flexibility index (Phi) is 4.64. The van der Waals surface area contributed by atoms with Crippen LogP contribution in [-0.2, 0) is 13.2 Å². The van der Waals surface area contributed by atoms with Crippen molar-refractivity contribution in [1.29, 1.82) is 0 Å². The molecule has 106 valence electrons. The highest BCUT2D eigenvalue weighted by molar-refractivity contribution is 5.43. The number of methoxy groups -OCH3 is 1. The van der Waals surface area contributed by atoms with Gasteiger partial charge in [-0.25, -0.2) is 0 Å². The van der Waals surface area contributed by atoms with Crippen LogP contribution in [0.1, 0.15) is 22.3 Å². The van der Waals surface area contributed by atoms with Gasteiger partial charge in [0.15, 0.2) is 11.5 Å². The summed E-state index contributed by atoms with van der Waals surface area (Å²) in [6.45, 7) is 4.65. The molecule has 2 aromatic carbocycles. The van der Waals surface area contributed by atoms with Crippen LogP contribution in [0.5, 0.6) is 11.5 Å². The second-order valence-electron chi connectivity index (χ2n) is 4.85. The fraction of sp³-hybridized carbons (Fsp3) is 0.294. The van der Waals surface area contributed by atoms with Crippen molar-refractivity contribution >= 4 is 0 Å². The number of hydrogen-bond acceptors (Lipinski definition) is 3. The van der Waals surface area contributed by atoms with Crippen LogP contribution in [0.15, 0.2) is 36.4 Å². The Labute approximate surface area is 119 Å². The molecular formula is C17H20O3. The van der Waals surface area contributed by atoms with Crippen molar-refractivity contribution in [3.8, 4) is 11.5 Å². The van der Waals surface area contributed by atoms with Gasteiger partial charge in [0.1, 0.15) is 6.61 Å². The van der Waals surface area contributed by atoms with E-state index in [4.69, 9.17) is 9.47 Å². The van der Waals surface area contributed by atoms with Crippen molar-refractivity contribution in [2.75, 3.05) is 7.11 Å². The quantitative estimate of drug-likeness (QED) is 0.906. The topological polar surface area (TPSA) is 38.7 Å². The van der Waals surface area contributed by atoms with E-state index in [2.05, 4.69) is 32.0 Å². The summed E-state index contributed by atoms with van der Waals surface area (Å²) in [4.78, 5) is 0. The van der Waals surface area contributed by atoms with E-state index in [-0.39, 0.29) is 6.61 Å². The highest BCUT2D eigenvalue weighted by Crippen LogP contribution is 2.29. The first-order valence-electron chi connectivity index (χ1n) is 6.60. The Morgan fingerprint density at radius 3 is 2.30 bits per heavy atom. The lowest BCUT2D eigenvalue weighted by molar-refractivity contribution is 0.271. The summed E-state index contributed by atoms with van der Waals surface area (Å²) >= 11 is 0. The monoisotopic (exact) mass is 272 g/mol. The van der Waals surface area contributed by atoms with Crippen LogP contribution in [0.3, 0.4) is 0 Å². The highest BCUT2D eigenvalue weighted by Gasteiger charge is 2.06. The first kappa shape index (κ1) is 14.4. The van der Waals surface area contributed by atoms with Gasteiger partial charge in [-0.1, -0.05) is 24.3 Å². The summed E-state index contributed by atoms with van der Waals surface area (Å²) < 4.78 is 11.1. The van der Waals surface area contributed by atoms with E-state index in [0.29, 0.717) is 18.1 Å². The van der Waals surface area contributed by atoms with Gasteiger partial charge in [-0.15, -0.1) is 0 Å². The summed E-state index contributed by atoms with van der Waals surface area (Å²) in [5.41, 5.74) is 4.45. The minimum Gasteiger partial charge on any atom is -0.493 e. The average molecular weight is 272 g/mol. The highest BCUT2D eigenvalue weighted by atomic mass is 16.5. The normalized spacial score (nSPS) is 10.4. The van der Waals surface area contributed by atoms with Gasteiger partial charge in [0.2, 0.25) is 0 Å². The van der Waals surface area contributed by atoms with Crippen LogP contribution in [0.4, 0.5) is 0 Å². The third kappa shape index (κ3) is 3.31. The Bertz CT molecular complexity index is 591.